The molecule has 0 spiro atoms. The van der Waals surface area contributed by atoms with Gasteiger partial charge in [-0.1, -0.05) is 25.1 Å². The van der Waals surface area contributed by atoms with E-state index >= 15 is 0 Å². The lowest BCUT2D eigenvalue weighted by molar-refractivity contribution is 0.0577. The highest BCUT2D eigenvalue weighted by molar-refractivity contribution is 5.57. The first kappa shape index (κ1) is 21.6. The van der Waals surface area contributed by atoms with E-state index in [1.54, 1.807) is 43.3 Å². The smallest absolute Gasteiger partial charge is 0.261 e. The Morgan fingerprint density at radius 1 is 1.06 bits per heavy atom. The summed E-state index contributed by atoms with van der Waals surface area (Å²) in [5.41, 5.74) is 7.91. The van der Waals surface area contributed by atoms with Crippen LogP contribution in [0.25, 0.3) is 22.7 Å². The van der Waals surface area contributed by atoms with Crippen LogP contribution in [0, 0.1) is 5.92 Å². The third-order valence-electron chi connectivity index (χ3n) is 4.93. The molecule has 4 heterocycles. The summed E-state index contributed by atoms with van der Waals surface area (Å²) in [6, 6.07) is 3.92. The number of anilines is 1. The van der Waals surface area contributed by atoms with Crippen LogP contribution in [0.15, 0.2) is 47.6 Å². The van der Waals surface area contributed by atoms with Gasteiger partial charge in [-0.05, 0) is 31.4 Å². The number of pyridine rings is 1. The minimum atomic E-state index is -0.871. The lowest BCUT2D eigenvalue weighted by atomic mass is 9.88. The van der Waals surface area contributed by atoms with Crippen molar-refractivity contribution < 1.29 is 9.63 Å². The number of nitrogens with two attached hydrogens (primary N) is 1. The molecule has 10 nitrogen and oxygen atoms in total. The molecule has 1 atom stereocenters. The maximum atomic E-state index is 9.99. The minimum Gasteiger partial charge on any atom is -0.389 e. The summed E-state index contributed by atoms with van der Waals surface area (Å²) in [4.78, 5) is 17.2. The number of hydrogen-bond acceptors (Lipinski definition) is 9. The monoisotopic (exact) mass is 434 g/mol. The zero-order valence-corrected chi connectivity index (χ0v) is 18.5. The maximum Gasteiger partial charge on any atom is 0.261 e. The number of nitrogen functional groups attached to an aromatic ring is 1. The molecule has 0 radical (unpaired) electrons. The third-order valence-corrected chi connectivity index (χ3v) is 4.93. The minimum absolute atomic E-state index is 0.0943. The van der Waals surface area contributed by atoms with Crippen LogP contribution in [0.3, 0.4) is 0 Å². The van der Waals surface area contributed by atoms with Gasteiger partial charge in [-0.2, -0.15) is 10.1 Å². The molecule has 32 heavy (non-hydrogen) atoms. The quantitative estimate of drug-likeness (QED) is 0.449. The molecule has 0 bridgehead atoms. The normalized spacial score (nSPS) is 12.9. The van der Waals surface area contributed by atoms with Crippen molar-refractivity contribution in [2.24, 2.45) is 5.92 Å². The van der Waals surface area contributed by atoms with Crippen molar-refractivity contribution in [1.29, 1.82) is 0 Å². The van der Waals surface area contributed by atoms with E-state index < -0.39 is 5.60 Å². The molecule has 166 valence electrons. The fourth-order valence-corrected chi connectivity index (χ4v) is 3.50. The first-order valence-electron chi connectivity index (χ1n) is 10.3. The van der Waals surface area contributed by atoms with Crippen LogP contribution in [0.2, 0.25) is 0 Å². The molecule has 3 N–H and O–H groups in total. The molecule has 10 heteroatoms. The van der Waals surface area contributed by atoms with Crippen LogP contribution < -0.4 is 5.73 Å². The van der Waals surface area contributed by atoms with Crippen molar-refractivity contribution in [3.8, 4) is 22.7 Å². The van der Waals surface area contributed by atoms with E-state index in [1.807, 2.05) is 18.3 Å². The van der Waals surface area contributed by atoms with Gasteiger partial charge in [-0.25, -0.2) is 9.97 Å². The highest BCUT2D eigenvalue weighted by Crippen LogP contribution is 2.32. The number of aromatic nitrogens is 7. The van der Waals surface area contributed by atoms with Crippen molar-refractivity contribution >= 4 is 5.95 Å². The molecule has 0 fully saturated rings. The molecular weight excluding hydrogens is 408 g/mol. The molecule has 0 saturated heterocycles. The Bertz CT molecular complexity index is 1170. The molecule has 0 unspecified atom stereocenters. The SMILES string of the molecule is CC(C)[C@H](c1ccc(-c2cnc(N)nc2)nc1)c1noc(-c2cnn(CC(C)(C)O)c2)n1. The largest absolute Gasteiger partial charge is 0.389 e. The number of hydrogen-bond donors (Lipinski definition) is 2. The van der Waals surface area contributed by atoms with Crippen LogP contribution in [0.4, 0.5) is 5.95 Å². The Labute approximate surface area is 185 Å². The predicted octanol–water partition coefficient (Wildman–Crippen LogP) is 2.93. The number of aliphatic hydroxyl groups is 1. The highest BCUT2D eigenvalue weighted by atomic mass is 16.5. The van der Waals surface area contributed by atoms with Crippen LogP contribution >= 0.6 is 0 Å². The molecule has 0 aliphatic rings. The van der Waals surface area contributed by atoms with Gasteiger partial charge in [0.25, 0.3) is 5.89 Å². The van der Waals surface area contributed by atoms with Gasteiger partial charge >= 0.3 is 0 Å². The predicted molar refractivity (Wildman–Crippen MR) is 118 cm³/mol. The van der Waals surface area contributed by atoms with Crippen molar-refractivity contribution in [2.45, 2.75) is 45.8 Å². The standard InChI is InChI=1S/C22H26N8O2/c1-13(2)18(14-5-6-17(24-7-14)15-8-25-21(23)26-9-15)19-28-20(32-29-19)16-10-27-30(11-16)12-22(3,4)31/h5-11,13,18,31H,12H2,1-4H3,(H2,23,25,26)/t18-/m1/s1. The third kappa shape index (κ3) is 4.80. The second-order valence-electron chi connectivity index (χ2n) is 8.73. The Morgan fingerprint density at radius 2 is 1.81 bits per heavy atom. The first-order chi connectivity index (χ1) is 15.2. The second-order valence-corrected chi connectivity index (χ2v) is 8.73. The van der Waals surface area contributed by atoms with Gasteiger partial charge in [0.2, 0.25) is 5.95 Å². The van der Waals surface area contributed by atoms with Crippen LogP contribution in [0.1, 0.15) is 45.0 Å². The Balaban J connectivity index is 1.57. The summed E-state index contributed by atoms with van der Waals surface area (Å²) in [6.45, 7) is 8.02. The van der Waals surface area contributed by atoms with E-state index in [-0.39, 0.29) is 17.8 Å². The first-order valence-corrected chi connectivity index (χ1v) is 10.3. The summed E-state index contributed by atoms with van der Waals surface area (Å²) < 4.78 is 7.18. The second kappa shape index (κ2) is 8.46. The van der Waals surface area contributed by atoms with Gasteiger partial charge in [-0.15, -0.1) is 0 Å². The zero-order valence-electron chi connectivity index (χ0n) is 18.5. The summed E-state index contributed by atoms with van der Waals surface area (Å²) in [7, 11) is 0. The molecule has 4 aromatic rings. The van der Waals surface area contributed by atoms with E-state index in [0.717, 1.165) is 16.8 Å². The molecule has 0 aliphatic heterocycles. The fraction of sp³-hybridized carbons (Fsp3) is 0.364. The molecule has 0 amide bonds. The van der Waals surface area contributed by atoms with Gasteiger partial charge in [-0.3, -0.25) is 9.67 Å². The maximum absolute atomic E-state index is 9.99. The van der Waals surface area contributed by atoms with Crippen LogP contribution in [-0.4, -0.2) is 45.6 Å². The number of rotatable bonds is 7. The molecular formula is C22H26N8O2. The lowest BCUT2D eigenvalue weighted by Gasteiger charge is -2.17. The van der Waals surface area contributed by atoms with E-state index in [1.165, 1.54) is 0 Å². The van der Waals surface area contributed by atoms with Gasteiger partial charge in [0.05, 0.1) is 35.5 Å². The van der Waals surface area contributed by atoms with Crippen molar-refractivity contribution in [3.05, 3.63) is 54.5 Å². The summed E-state index contributed by atoms with van der Waals surface area (Å²) in [5.74, 6) is 1.31. The molecule has 4 rings (SSSR count). The fourth-order valence-electron chi connectivity index (χ4n) is 3.50. The number of nitrogens with zero attached hydrogens (tertiary/aromatic N) is 7. The van der Waals surface area contributed by atoms with E-state index in [9.17, 15) is 5.11 Å². The summed E-state index contributed by atoms with van der Waals surface area (Å²) >= 11 is 0. The Kier molecular flexibility index (Phi) is 5.70. The average molecular weight is 435 g/mol. The molecule has 0 aliphatic carbocycles. The van der Waals surface area contributed by atoms with E-state index in [2.05, 4.69) is 44.0 Å². The van der Waals surface area contributed by atoms with Gasteiger partial charge < -0.3 is 15.4 Å². The van der Waals surface area contributed by atoms with Crippen molar-refractivity contribution in [2.75, 3.05) is 5.73 Å². The summed E-state index contributed by atoms with van der Waals surface area (Å²) in [5, 5.41) is 18.5. The van der Waals surface area contributed by atoms with Crippen molar-refractivity contribution in [3.63, 3.8) is 0 Å². The lowest BCUT2D eigenvalue weighted by Crippen LogP contribution is -2.26. The Morgan fingerprint density at radius 3 is 2.44 bits per heavy atom. The average Bonchev–Trinajstić information content (AvgIpc) is 3.38. The summed E-state index contributed by atoms with van der Waals surface area (Å²) in [6.07, 6.45) is 8.54. The molecule has 0 saturated carbocycles. The van der Waals surface area contributed by atoms with Crippen LogP contribution in [0.5, 0.6) is 0 Å². The van der Waals surface area contributed by atoms with Crippen molar-refractivity contribution in [1.82, 2.24) is 34.9 Å². The van der Waals surface area contributed by atoms with Crippen LogP contribution in [-0.2, 0) is 6.54 Å². The van der Waals surface area contributed by atoms with Gasteiger partial charge in [0, 0.05) is 30.4 Å². The topological polar surface area (TPSA) is 142 Å². The zero-order chi connectivity index (χ0) is 22.9. The highest BCUT2D eigenvalue weighted by Gasteiger charge is 2.25. The van der Waals surface area contributed by atoms with Gasteiger partial charge in [0.1, 0.15) is 0 Å². The van der Waals surface area contributed by atoms with Gasteiger partial charge in [0.15, 0.2) is 5.82 Å². The molecule has 0 aromatic carbocycles. The Hall–Kier alpha value is -3.66. The molecule has 4 aromatic heterocycles. The van der Waals surface area contributed by atoms with E-state index in [4.69, 9.17) is 10.3 Å². The van der Waals surface area contributed by atoms with E-state index in [0.29, 0.717) is 23.8 Å².